The molecular weight excluding hydrogens is 152 g/mol. The molecule has 0 aliphatic carbocycles. The summed E-state index contributed by atoms with van der Waals surface area (Å²) in [4.78, 5) is 7.22. The molecule has 1 rings (SSSR count). The zero-order valence-corrected chi connectivity index (χ0v) is 8.74. The normalized spacial score (nSPS) is 23.5. The average Bonchev–Trinajstić information content (AvgIpc) is 2.07. The van der Waals surface area contributed by atoms with Gasteiger partial charge in [-0.1, -0.05) is 26.2 Å². The Morgan fingerprint density at radius 1 is 1.18 bits per heavy atom. The first-order valence-corrected chi connectivity index (χ1v) is 7.18. The highest BCUT2D eigenvalue weighted by molar-refractivity contribution is 6.75. The molecule has 1 saturated heterocycles. The minimum Gasteiger partial charge on any atom is -0.328 e. The van der Waals surface area contributed by atoms with Gasteiger partial charge in [0.2, 0.25) is 8.40 Å². The molecule has 1 heterocycles. The molecule has 1 fully saturated rings. The Morgan fingerprint density at radius 2 is 1.82 bits per heavy atom. The van der Waals surface area contributed by atoms with Gasteiger partial charge in [0.1, 0.15) is 0 Å². The maximum atomic E-state index is 3.68. The second kappa shape index (κ2) is 4.23. The van der Waals surface area contributed by atoms with Gasteiger partial charge >= 0.3 is 0 Å². The summed E-state index contributed by atoms with van der Waals surface area (Å²) in [5.74, 6) is 0. The van der Waals surface area contributed by atoms with Crippen molar-refractivity contribution in [3.05, 3.63) is 0 Å². The molecule has 0 bridgehead atoms. The van der Waals surface area contributed by atoms with Crippen LogP contribution in [0.5, 0.6) is 0 Å². The summed E-state index contributed by atoms with van der Waals surface area (Å²) < 4.78 is 0. The zero-order valence-electron chi connectivity index (χ0n) is 7.74. The van der Waals surface area contributed by atoms with E-state index >= 15 is 0 Å². The molecular formula is C8H20N2Si. The highest BCUT2D eigenvalue weighted by Crippen LogP contribution is 2.23. The van der Waals surface area contributed by atoms with E-state index in [1.165, 1.54) is 31.4 Å². The molecule has 66 valence electrons. The molecule has 2 N–H and O–H groups in total. The van der Waals surface area contributed by atoms with Crippen LogP contribution in [0.25, 0.3) is 0 Å². The van der Waals surface area contributed by atoms with Crippen LogP contribution < -0.4 is 9.96 Å². The van der Waals surface area contributed by atoms with E-state index in [9.17, 15) is 0 Å². The van der Waals surface area contributed by atoms with Crippen LogP contribution in [0.1, 0.15) is 26.2 Å². The summed E-state index contributed by atoms with van der Waals surface area (Å²) in [6.45, 7) is 3.34. The second-order valence-corrected chi connectivity index (χ2v) is 7.44. The van der Waals surface area contributed by atoms with Gasteiger partial charge in [0.15, 0.2) is 0 Å². The quantitative estimate of drug-likeness (QED) is 0.630. The van der Waals surface area contributed by atoms with Crippen molar-refractivity contribution in [2.75, 3.05) is 13.6 Å². The molecule has 3 heteroatoms. The van der Waals surface area contributed by atoms with E-state index < -0.39 is 8.40 Å². The van der Waals surface area contributed by atoms with Crippen molar-refractivity contribution >= 4 is 8.40 Å². The van der Waals surface area contributed by atoms with Gasteiger partial charge < -0.3 is 9.96 Å². The third kappa shape index (κ3) is 2.29. The summed E-state index contributed by atoms with van der Waals surface area (Å²) in [7, 11) is 0.969. The third-order valence-corrected chi connectivity index (χ3v) is 7.10. The van der Waals surface area contributed by atoms with Crippen molar-refractivity contribution < 1.29 is 0 Å². The molecule has 0 atom stereocenters. The molecule has 0 aromatic carbocycles. The van der Waals surface area contributed by atoms with Gasteiger partial charge in [-0.2, -0.15) is 0 Å². The van der Waals surface area contributed by atoms with Crippen LogP contribution in [0.2, 0.25) is 12.1 Å². The van der Waals surface area contributed by atoms with E-state index in [4.69, 9.17) is 0 Å². The average molecular weight is 172 g/mol. The van der Waals surface area contributed by atoms with Crippen LogP contribution in [-0.4, -0.2) is 22.0 Å². The summed E-state index contributed by atoms with van der Waals surface area (Å²) in [5, 5.41) is 0. The van der Waals surface area contributed by atoms with E-state index in [-0.39, 0.29) is 0 Å². The molecule has 0 aromatic heterocycles. The Morgan fingerprint density at radius 3 is 2.27 bits per heavy atom. The lowest BCUT2D eigenvalue weighted by Gasteiger charge is -2.34. The van der Waals surface area contributed by atoms with Crippen LogP contribution in [0.4, 0.5) is 0 Å². The largest absolute Gasteiger partial charge is 0.328 e. The Balaban J connectivity index is 2.42. The maximum absolute atomic E-state index is 3.68. The van der Waals surface area contributed by atoms with Crippen LogP contribution in [-0.2, 0) is 0 Å². The fourth-order valence-corrected chi connectivity index (χ4v) is 5.67. The van der Waals surface area contributed by atoms with E-state index in [1.54, 1.807) is 0 Å². The first-order chi connectivity index (χ1) is 5.33. The molecule has 0 radical (unpaired) electrons. The summed E-state index contributed by atoms with van der Waals surface area (Å²) in [6, 6.07) is 2.86. The van der Waals surface area contributed by atoms with E-state index in [2.05, 4.69) is 23.9 Å². The van der Waals surface area contributed by atoms with Crippen LogP contribution in [0.15, 0.2) is 0 Å². The van der Waals surface area contributed by atoms with Gasteiger partial charge in [-0.3, -0.25) is 0 Å². The van der Waals surface area contributed by atoms with Crippen molar-refractivity contribution in [2.24, 2.45) is 0 Å². The summed E-state index contributed by atoms with van der Waals surface area (Å²) in [6.07, 6.45) is 4.31. The molecule has 0 saturated carbocycles. The molecule has 0 amide bonds. The highest BCUT2D eigenvalue weighted by Gasteiger charge is 2.32. The first-order valence-electron chi connectivity index (χ1n) is 4.77. The Hall–Kier alpha value is 0.137. The monoisotopic (exact) mass is 172 g/mol. The smallest absolute Gasteiger partial charge is 0.201 e. The maximum Gasteiger partial charge on any atom is 0.201 e. The Kier molecular flexibility index (Phi) is 3.55. The lowest BCUT2D eigenvalue weighted by atomic mass is 10.3. The fraction of sp³-hybridized carbons (Fsp3) is 1.00. The van der Waals surface area contributed by atoms with Gasteiger partial charge in [0.05, 0.1) is 0 Å². The van der Waals surface area contributed by atoms with Gasteiger partial charge in [0, 0.05) is 0 Å². The van der Waals surface area contributed by atoms with Gasteiger partial charge in [-0.05, 0) is 25.7 Å². The molecule has 1 aliphatic rings. The molecule has 0 aromatic rings. The zero-order chi connectivity index (χ0) is 8.16. The number of rotatable bonds is 3. The molecule has 0 spiro atoms. The van der Waals surface area contributed by atoms with E-state index in [0.29, 0.717) is 0 Å². The third-order valence-electron chi connectivity index (χ3n) is 2.70. The number of nitrogens with one attached hydrogen (secondary N) is 2. The SMILES string of the molecule is CCN[Si]1(NC)CCCCC1. The Labute approximate surface area is 70.9 Å². The topological polar surface area (TPSA) is 24.1 Å². The molecule has 11 heavy (non-hydrogen) atoms. The van der Waals surface area contributed by atoms with Crippen molar-refractivity contribution in [3.8, 4) is 0 Å². The fourth-order valence-electron chi connectivity index (χ4n) is 2.01. The summed E-state index contributed by atoms with van der Waals surface area (Å²) >= 11 is 0. The standard InChI is InChI=1S/C8H20N2Si/c1-3-10-11(9-2)7-5-4-6-8-11/h9-10H,3-8H2,1-2H3. The minimum atomic E-state index is -1.16. The van der Waals surface area contributed by atoms with Gasteiger partial charge in [-0.15, -0.1) is 0 Å². The lowest BCUT2D eigenvalue weighted by Crippen LogP contribution is -2.61. The Bertz CT molecular complexity index is 105. The molecule has 1 aliphatic heterocycles. The predicted molar refractivity (Wildman–Crippen MR) is 52.0 cm³/mol. The summed E-state index contributed by atoms with van der Waals surface area (Å²) in [5.41, 5.74) is 0. The van der Waals surface area contributed by atoms with Gasteiger partial charge in [0.25, 0.3) is 0 Å². The van der Waals surface area contributed by atoms with Crippen molar-refractivity contribution in [1.29, 1.82) is 0 Å². The number of hydrogen-bond donors (Lipinski definition) is 2. The van der Waals surface area contributed by atoms with Crippen molar-refractivity contribution in [2.45, 2.75) is 38.3 Å². The van der Waals surface area contributed by atoms with Gasteiger partial charge in [-0.25, -0.2) is 0 Å². The van der Waals surface area contributed by atoms with Crippen LogP contribution in [0, 0.1) is 0 Å². The van der Waals surface area contributed by atoms with Crippen LogP contribution >= 0.6 is 0 Å². The second-order valence-electron chi connectivity index (χ2n) is 3.42. The number of hydrogen-bond acceptors (Lipinski definition) is 2. The minimum absolute atomic E-state index is 1.13. The lowest BCUT2D eigenvalue weighted by molar-refractivity contribution is 0.670. The molecule has 2 nitrogen and oxygen atoms in total. The van der Waals surface area contributed by atoms with Crippen LogP contribution in [0.3, 0.4) is 0 Å². The first kappa shape index (κ1) is 9.23. The highest BCUT2D eigenvalue weighted by atomic mass is 28.3. The predicted octanol–water partition coefficient (Wildman–Crippen LogP) is 1.44. The van der Waals surface area contributed by atoms with E-state index in [0.717, 1.165) is 6.54 Å². The van der Waals surface area contributed by atoms with E-state index in [1.807, 2.05) is 0 Å². The van der Waals surface area contributed by atoms with Crippen molar-refractivity contribution in [1.82, 2.24) is 9.96 Å². The van der Waals surface area contributed by atoms with Crippen molar-refractivity contribution in [3.63, 3.8) is 0 Å². The molecule has 0 unspecified atom stereocenters.